The van der Waals surface area contributed by atoms with Gasteiger partial charge < -0.3 is 19.7 Å². The molecule has 1 aliphatic heterocycles. The molecule has 1 fully saturated rings. The lowest BCUT2D eigenvalue weighted by molar-refractivity contribution is 0.0503. The van der Waals surface area contributed by atoms with E-state index in [-0.39, 0.29) is 29.6 Å². The lowest BCUT2D eigenvalue weighted by Crippen LogP contribution is -2.22. The minimum absolute atomic E-state index is 0.0414. The summed E-state index contributed by atoms with van der Waals surface area (Å²) in [6, 6.07) is 3.10. The van der Waals surface area contributed by atoms with Gasteiger partial charge in [-0.1, -0.05) is 26.0 Å². The van der Waals surface area contributed by atoms with Crippen molar-refractivity contribution < 1.29 is 19.7 Å². The molecule has 2 aliphatic rings. The Labute approximate surface area is 161 Å². The number of rotatable bonds is 4. The van der Waals surface area contributed by atoms with Crippen LogP contribution in [0.1, 0.15) is 25.3 Å². The third-order valence-electron chi connectivity index (χ3n) is 4.83. The van der Waals surface area contributed by atoms with E-state index in [0.29, 0.717) is 29.5 Å². The average molecular weight is 387 g/mol. The molecule has 0 amide bonds. The van der Waals surface area contributed by atoms with Gasteiger partial charge in [-0.25, -0.2) is 0 Å². The molecule has 2 aromatic rings. The highest BCUT2D eigenvalue weighted by molar-refractivity contribution is 7.71. The standard InChI is InChI=1S/C19H21N3O4S/c1-10(2)12-6-13(15(24)7-14(12)23)18-20-21-19(27)22(18)8-11-3-4-16-17(5-11)26-9-25-16/h3-7,10,16-17,23-24H,8-9H2,1-2H3,(H,21,27). The molecule has 4 rings (SSSR count). The van der Waals surface area contributed by atoms with Crippen molar-refractivity contribution in [3.63, 3.8) is 0 Å². The molecule has 2 heterocycles. The number of ether oxygens (including phenoxy) is 2. The van der Waals surface area contributed by atoms with E-state index in [1.807, 2.05) is 36.6 Å². The topological polar surface area (TPSA) is 92.5 Å². The van der Waals surface area contributed by atoms with Crippen LogP contribution in [0.25, 0.3) is 11.4 Å². The van der Waals surface area contributed by atoms with E-state index in [0.717, 1.165) is 11.1 Å². The molecule has 2 atom stereocenters. The highest BCUT2D eigenvalue weighted by atomic mass is 32.1. The second-order valence-corrected chi connectivity index (χ2v) is 7.39. The number of hydrogen-bond acceptors (Lipinski definition) is 6. The number of aromatic nitrogens is 3. The van der Waals surface area contributed by atoms with Crippen molar-refractivity contribution in [2.75, 3.05) is 6.79 Å². The first kappa shape index (κ1) is 18.0. The Morgan fingerprint density at radius 3 is 2.81 bits per heavy atom. The third-order valence-corrected chi connectivity index (χ3v) is 5.14. The first-order chi connectivity index (χ1) is 12.9. The Kier molecular flexibility index (Phi) is 4.63. The SMILES string of the molecule is CC(C)c1cc(-c2n[nH]c(=S)n2CC2=CC3OCOC3C=C2)c(O)cc1O. The molecule has 27 heavy (non-hydrogen) atoms. The van der Waals surface area contributed by atoms with Gasteiger partial charge in [0.1, 0.15) is 30.5 Å². The zero-order valence-electron chi connectivity index (χ0n) is 15.0. The number of nitrogens with zero attached hydrogens (tertiary/aromatic N) is 2. The summed E-state index contributed by atoms with van der Waals surface area (Å²) in [5.41, 5.74) is 2.27. The molecule has 0 radical (unpaired) electrons. The normalized spacial score (nSPS) is 21.5. The van der Waals surface area contributed by atoms with Crippen LogP contribution in [0.4, 0.5) is 0 Å². The van der Waals surface area contributed by atoms with Crippen molar-refractivity contribution in [3.05, 3.63) is 46.3 Å². The van der Waals surface area contributed by atoms with Crippen molar-refractivity contribution in [1.29, 1.82) is 0 Å². The van der Waals surface area contributed by atoms with Gasteiger partial charge in [-0.3, -0.25) is 9.67 Å². The van der Waals surface area contributed by atoms with Gasteiger partial charge in [-0.15, -0.1) is 0 Å². The van der Waals surface area contributed by atoms with Crippen LogP contribution in [-0.4, -0.2) is 44.0 Å². The number of benzene rings is 1. The van der Waals surface area contributed by atoms with Gasteiger partial charge in [0.05, 0.1) is 12.1 Å². The summed E-state index contributed by atoms with van der Waals surface area (Å²) in [6.45, 7) is 4.72. The number of hydrogen-bond donors (Lipinski definition) is 3. The number of aromatic amines is 1. The Morgan fingerprint density at radius 1 is 1.26 bits per heavy atom. The lowest BCUT2D eigenvalue weighted by atomic mass is 9.98. The number of fused-ring (bicyclic) bond motifs is 1. The number of phenolic OH excluding ortho intramolecular Hbond substituents is 2. The maximum atomic E-state index is 10.4. The highest BCUT2D eigenvalue weighted by Crippen LogP contribution is 2.37. The van der Waals surface area contributed by atoms with Gasteiger partial charge in [0.25, 0.3) is 0 Å². The predicted molar refractivity (Wildman–Crippen MR) is 102 cm³/mol. The van der Waals surface area contributed by atoms with Crippen molar-refractivity contribution in [3.8, 4) is 22.9 Å². The van der Waals surface area contributed by atoms with Crippen LogP contribution in [0.5, 0.6) is 11.5 Å². The molecule has 3 N–H and O–H groups in total. The minimum Gasteiger partial charge on any atom is -0.508 e. The molecule has 1 aromatic heterocycles. The van der Waals surface area contributed by atoms with E-state index >= 15 is 0 Å². The first-order valence-electron chi connectivity index (χ1n) is 8.77. The van der Waals surface area contributed by atoms with E-state index in [1.54, 1.807) is 6.07 Å². The molecule has 8 heteroatoms. The fourth-order valence-corrected chi connectivity index (χ4v) is 3.57. The molecule has 0 spiro atoms. The number of H-pyrrole nitrogens is 1. The van der Waals surface area contributed by atoms with Gasteiger partial charge in [-0.2, -0.15) is 5.10 Å². The maximum Gasteiger partial charge on any atom is 0.195 e. The number of nitrogens with one attached hydrogen (secondary N) is 1. The van der Waals surface area contributed by atoms with E-state index in [1.165, 1.54) is 6.07 Å². The smallest absolute Gasteiger partial charge is 0.195 e. The van der Waals surface area contributed by atoms with E-state index in [9.17, 15) is 10.2 Å². The average Bonchev–Trinajstić information content (AvgIpc) is 3.22. The molecule has 0 saturated carbocycles. The summed E-state index contributed by atoms with van der Waals surface area (Å²) >= 11 is 5.39. The summed E-state index contributed by atoms with van der Waals surface area (Å²) in [4.78, 5) is 0. The summed E-state index contributed by atoms with van der Waals surface area (Å²) < 4.78 is 13.3. The molecule has 7 nitrogen and oxygen atoms in total. The van der Waals surface area contributed by atoms with Gasteiger partial charge in [0, 0.05) is 6.07 Å². The van der Waals surface area contributed by atoms with Gasteiger partial charge in [0.2, 0.25) is 0 Å². The first-order valence-corrected chi connectivity index (χ1v) is 9.18. The van der Waals surface area contributed by atoms with Crippen LogP contribution in [0.3, 0.4) is 0 Å². The largest absolute Gasteiger partial charge is 0.508 e. The molecule has 142 valence electrons. The Bertz CT molecular complexity index is 989. The van der Waals surface area contributed by atoms with Crippen molar-refractivity contribution >= 4 is 12.2 Å². The minimum atomic E-state index is -0.0934. The maximum absolute atomic E-state index is 10.4. The highest BCUT2D eigenvalue weighted by Gasteiger charge is 2.28. The molecule has 1 aliphatic carbocycles. The van der Waals surface area contributed by atoms with Gasteiger partial charge in [0.15, 0.2) is 10.6 Å². The van der Waals surface area contributed by atoms with Crippen molar-refractivity contribution in [2.24, 2.45) is 0 Å². The molecule has 1 aromatic carbocycles. The molecular weight excluding hydrogens is 366 g/mol. The van der Waals surface area contributed by atoms with Crippen LogP contribution in [0.15, 0.2) is 35.9 Å². The summed E-state index contributed by atoms with van der Waals surface area (Å²) in [6.07, 6.45) is 5.85. The van der Waals surface area contributed by atoms with Crippen LogP contribution in [-0.2, 0) is 16.0 Å². The second-order valence-electron chi connectivity index (χ2n) is 7.00. The monoisotopic (exact) mass is 387 g/mol. The molecular formula is C19H21N3O4S. The Hall–Kier alpha value is -2.42. The van der Waals surface area contributed by atoms with Gasteiger partial charge >= 0.3 is 0 Å². The Morgan fingerprint density at radius 2 is 2.04 bits per heavy atom. The zero-order valence-corrected chi connectivity index (χ0v) is 15.9. The van der Waals surface area contributed by atoms with Crippen LogP contribution in [0.2, 0.25) is 0 Å². The number of aromatic hydroxyl groups is 2. The van der Waals surface area contributed by atoms with Gasteiger partial charge in [-0.05, 0) is 41.4 Å². The van der Waals surface area contributed by atoms with E-state index in [4.69, 9.17) is 21.7 Å². The summed E-state index contributed by atoms with van der Waals surface area (Å²) in [5, 5.41) is 27.6. The second kappa shape index (κ2) is 6.95. The third kappa shape index (κ3) is 3.31. The van der Waals surface area contributed by atoms with Crippen LogP contribution >= 0.6 is 12.2 Å². The van der Waals surface area contributed by atoms with Crippen LogP contribution < -0.4 is 0 Å². The quantitative estimate of drug-likeness (QED) is 0.697. The van der Waals surface area contributed by atoms with E-state index < -0.39 is 0 Å². The number of phenols is 2. The van der Waals surface area contributed by atoms with Crippen molar-refractivity contribution in [1.82, 2.24) is 14.8 Å². The Balaban J connectivity index is 1.72. The summed E-state index contributed by atoms with van der Waals surface area (Å²) in [5.74, 6) is 0.627. The molecule has 0 bridgehead atoms. The predicted octanol–water partition coefficient (Wildman–Crippen LogP) is 3.38. The molecule has 2 unspecified atom stereocenters. The van der Waals surface area contributed by atoms with Crippen LogP contribution in [0, 0.1) is 4.77 Å². The van der Waals surface area contributed by atoms with Crippen molar-refractivity contribution in [2.45, 2.75) is 38.5 Å². The number of allylic oxidation sites excluding steroid dienone is 2. The summed E-state index contributed by atoms with van der Waals surface area (Å²) in [7, 11) is 0. The lowest BCUT2D eigenvalue weighted by Gasteiger charge is -2.18. The van der Waals surface area contributed by atoms with E-state index in [2.05, 4.69) is 10.2 Å². The molecule has 1 saturated heterocycles. The fraction of sp³-hybridized carbons (Fsp3) is 0.368. The zero-order chi connectivity index (χ0) is 19.1. The fourth-order valence-electron chi connectivity index (χ4n) is 3.37.